The summed E-state index contributed by atoms with van der Waals surface area (Å²) in [5.74, 6) is 0.0197. The van der Waals surface area contributed by atoms with E-state index in [0.29, 0.717) is 22.4 Å². The highest BCUT2D eigenvalue weighted by atomic mass is 16.3. The van der Waals surface area contributed by atoms with Crippen LogP contribution in [0, 0.1) is 6.92 Å². The van der Waals surface area contributed by atoms with Crippen LogP contribution in [0.1, 0.15) is 5.56 Å². The molecule has 0 bridgehead atoms. The van der Waals surface area contributed by atoms with Crippen molar-refractivity contribution in [2.45, 2.75) is 6.92 Å². The number of anilines is 1. The molecule has 98 valence electrons. The largest absolute Gasteiger partial charge is 0.505 e. The van der Waals surface area contributed by atoms with Crippen molar-refractivity contribution >= 4 is 27.8 Å². The molecule has 19 heavy (non-hydrogen) atoms. The first kappa shape index (κ1) is 12.9. The van der Waals surface area contributed by atoms with Gasteiger partial charge in [-0.3, -0.25) is 0 Å². The lowest BCUT2D eigenvalue weighted by atomic mass is 10.0. The van der Waals surface area contributed by atoms with Gasteiger partial charge in [0.2, 0.25) is 0 Å². The van der Waals surface area contributed by atoms with Gasteiger partial charge in [-0.2, -0.15) is 20.5 Å². The Hall–Kier alpha value is -2.50. The highest BCUT2D eigenvalue weighted by Gasteiger charge is 2.14. The van der Waals surface area contributed by atoms with Gasteiger partial charge in [0, 0.05) is 14.1 Å². The van der Waals surface area contributed by atoms with Crippen molar-refractivity contribution in [2.24, 2.45) is 20.5 Å². The molecule has 0 amide bonds. The van der Waals surface area contributed by atoms with Gasteiger partial charge in [-0.1, -0.05) is 6.07 Å². The predicted octanol–water partition coefficient (Wildman–Crippen LogP) is 3.86. The van der Waals surface area contributed by atoms with Gasteiger partial charge in [-0.05, 0) is 30.0 Å². The van der Waals surface area contributed by atoms with Crippen molar-refractivity contribution in [1.82, 2.24) is 0 Å². The third-order valence-electron chi connectivity index (χ3n) is 2.87. The van der Waals surface area contributed by atoms with Crippen LogP contribution >= 0.6 is 0 Å². The molecule has 0 aliphatic heterocycles. The zero-order chi connectivity index (χ0) is 14.0. The van der Waals surface area contributed by atoms with Gasteiger partial charge < -0.3 is 10.8 Å². The summed E-state index contributed by atoms with van der Waals surface area (Å²) in [4.78, 5) is 0. The molecule has 0 unspecified atom stereocenters. The van der Waals surface area contributed by atoms with Crippen LogP contribution in [0.5, 0.6) is 5.75 Å². The molecule has 0 radical (unpaired) electrons. The Morgan fingerprint density at radius 3 is 2.42 bits per heavy atom. The fourth-order valence-corrected chi connectivity index (χ4v) is 2.04. The summed E-state index contributed by atoms with van der Waals surface area (Å²) < 4.78 is 0. The second-order valence-electron chi connectivity index (χ2n) is 4.09. The normalized spacial score (nSPS) is 11.9. The summed E-state index contributed by atoms with van der Waals surface area (Å²) in [6.45, 7) is 1.86. The van der Waals surface area contributed by atoms with E-state index in [1.54, 1.807) is 20.2 Å². The van der Waals surface area contributed by atoms with Crippen molar-refractivity contribution in [3.8, 4) is 5.75 Å². The van der Waals surface area contributed by atoms with Crippen molar-refractivity contribution in [1.29, 1.82) is 0 Å². The smallest absolute Gasteiger partial charge is 0.153 e. The maximum absolute atomic E-state index is 10.3. The van der Waals surface area contributed by atoms with Crippen LogP contribution < -0.4 is 5.73 Å². The first-order valence-electron chi connectivity index (χ1n) is 5.74. The minimum Gasteiger partial charge on any atom is -0.505 e. The number of aromatic hydroxyl groups is 1. The second kappa shape index (κ2) is 5.01. The van der Waals surface area contributed by atoms with Crippen LogP contribution in [0.25, 0.3) is 10.8 Å². The van der Waals surface area contributed by atoms with Crippen molar-refractivity contribution in [3.63, 3.8) is 0 Å². The maximum atomic E-state index is 10.3. The van der Waals surface area contributed by atoms with Crippen LogP contribution in [0.4, 0.5) is 17.1 Å². The average molecular weight is 257 g/mol. The Balaban J connectivity index is 2.88. The number of nitrogens with zero attached hydrogens (tertiary/aromatic N) is 4. The van der Waals surface area contributed by atoms with Gasteiger partial charge >= 0.3 is 0 Å². The molecular weight excluding hydrogens is 242 g/mol. The van der Waals surface area contributed by atoms with Crippen molar-refractivity contribution < 1.29 is 5.11 Å². The quantitative estimate of drug-likeness (QED) is 0.631. The summed E-state index contributed by atoms with van der Waals surface area (Å²) in [7, 11) is 3.11. The minimum absolute atomic E-state index is 0.0197. The molecule has 0 heterocycles. The molecular formula is C13H15N5O. The highest BCUT2D eigenvalue weighted by molar-refractivity contribution is 6.05. The van der Waals surface area contributed by atoms with E-state index in [9.17, 15) is 5.11 Å². The van der Waals surface area contributed by atoms with E-state index in [2.05, 4.69) is 20.5 Å². The third-order valence-corrected chi connectivity index (χ3v) is 2.87. The Morgan fingerprint density at radius 2 is 1.79 bits per heavy atom. The van der Waals surface area contributed by atoms with Gasteiger partial charge in [0.05, 0.1) is 11.1 Å². The highest BCUT2D eigenvalue weighted by Crippen LogP contribution is 2.43. The Morgan fingerprint density at radius 1 is 1.11 bits per heavy atom. The molecule has 6 nitrogen and oxygen atoms in total. The summed E-state index contributed by atoms with van der Waals surface area (Å²) in [5, 5.41) is 27.0. The minimum atomic E-state index is 0.0197. The lowest BCUT2D eigenvalue weighted by Gasteiger charge is -2.10. The summed E-state index contributed by atoms with van der Waals surface area (Å²) in [5.41, 5.74) is 8.20. The molecule has 6 heteroatoms. The summed E-state index contributed by atoms with van der Waals surface area (Å²) in [6.07, 6.45) is 0. The number of fused-ring (bicyclic) bond motifs is 1. The van der Waals surface area contributed by atoms with E-state index in [4.69, 9.17) is 5.73 Å². The molecule has 2 rings (SSSR count). The number of nitrogen functional groups attached to an aromatic ring is 1. The molecule has 2 aromatic rings. The molecule has 0 saturated heterocycles. The van der Waals surface area contributed by atoms with Crippen LogP contribution in [0.2, 0.25) is 0 Å². The zero-order valence-electron chi connectivity index (χ0n) is 11.0. The number of rotatable bonds is 2. The molecule has 0 saturated carbocycles. The zero-order valence-corrected chi connectivity index (χ0v) is 11.0. The maximum Gasteiger partial charge on any atom is 0.153 e. The number of hydrogen-bond donors (Lipinski definition) is 2. The molecule has 0 aromatic heterocycles. The van der Waals surface area contributed by atoms with Gasteiger partial charge in [-0.25, -0.2) is 0 Å². The van der Waals surface area contributed by atoms with Gasteiger partial charge in [-0.15, -0.1) is 0 Å². The number of phenols is 1. The molecule has 2 aromatic carbocycles. The first-order valence-corrected chi connectivity index (χ1v) is 5.74. The molecule has 0 atom stereocenters. The second-order valence-corrected chi connectivity index (χ2v) is 4.09. The monoisotopic (exact) mass is 257 g/mol. The van der Waals surface area contributed by atoms with Crippen LogP contribution in [0.3, 0.4) is 0 Å². The topological polar surface area (TPSA) is 95.7 Å². The van der Waals surface area contributed by atoms with E-state index < -0.39 is 0 Å². The van der Waals surface area contributed by atoms with Gasteiger partial charge in [0.15, 0.2) is 5.75 Å². The standard InChI is InChI=1S/C13H15N5O/c1-7-6-8-4-5-9(17-15-2)11(14)10(8)13(19)12(7)18-16-3/h4-6,19H,14H2,1-3H3. The number of benzene rings is 2. The number of hydrogen-bond acceptors (Lipinski definition) is 6. The van der Waals surface area contributed by atoms with E-state index in [0.717, 1.165) is 10.9 Å². The Kier molecular flexibility index (Phi) is 3.41. The molecule has 0 spiro atoms. The molecule has 0 aliphatic carbocycles. The predicted molar refractivity (Wildman–Crippen MR) is 75.6 cm³/mol. The molecule has 3 N–H and O–H groups in total. The van der Waals surface area contributed by atoms with E-state index in [1.807, 2.05) is 19.1 Å². The number of nitrogens with two attached hydrogens (primary N) is 1. The van der Waals surface area contributed by atoms with Crippen molar-refractivity contribution in [2.75, 3.05) is 19.8 Å². The molecule has 0 fully saturated rings. The van der Waals surface area contributed by atoms with Gasteiger partial charge in [0.25, 0.3) is 0 Å². The van der Waals surface area contributed by atoms with E-state index in [1.165, 1.54) is 0 Å². The van der Waals surface area contributed by atoms with Crippen LogP contribution in [-0.4, -0.2) is 19.2 Å². The van der Waals surface area contributed by atoms with E-state index >= 15 is 0 Å². The number of phenolic OH excluding ortho intramolecular Hbond substituents is 1. The fourth-order valence-electron chi connectivity index (χ4n) is 2.04. The van der Waals surface area contributed by atoms with E-state index in [-0.39, 0.29) is 5.75 Å². The number of azo groups is 2. The first-order chi connectivity index (χ1) is 9.10. The lowest BCUT2D eigenvalue weighted by molar-refractivity contribution is 0.482. The Labute approximate surface area is 110 Å². The molecule has 0 aliphatic rings. The Bertz CT molecular complexity index is 691. The SMILES string of the molecule is CN=Nc1ccc2cc(C)c(N=NC)c(O)c2c1N. The lowest BCUT2D eigenvalue weighted by Crippen LogP contribution is -1.90. The van der Waals surface area contributed by atoms with Crippen molar-refractivity contribution in [3.05, 3.63) is 23.8 Å². The summed E-state index contributed by atoms with van der Waals surface area (Å²) >= 11 is 0. The fraction of sp³-hybridized carbons (Fsp3) is 0.231. The van der Waals surface area contributed by atoms with Gasteiger partial charge in [0.1, 0.15) is 11.4 Å². The average Bonchev–Trinajstić information content (AvgIpc) is 2.37. The number of aryl methyl sites for hydroxylation is 1. The van der Waals surface area contributed by atoms with Crippen LogP contribution in [0.15, 0.2) is 38.7 Å². The summed E-state index contributed by atoms with van der Waals surface area (Å²) in [6, 6.07) is 5.52. The third kappa shape index (κ3) is 2.12. The van der Waals surface area contributed by atoms with Crippen LogP contribution in [-0.2, 0) is 0 Å².